The zero-order valence-corrected chi connectivity index (χ0v) is 16.8. The maximum Gasteiger partial charge on any atom is 0.416 e. The number of hydrogen-bond acceptors (Lipinski definition) is 1. The normalized spacial score (nSPS) is 20.8. The van der Waals surface area contributed by atoms with E-state index in [1.165, 1.54) is 17.7 Å². The highest BCUT2D eigenvalue weighted by molar-refractivity contribution is 5.78. The summed E-state index contributed by atoms with van der Waals surface area (Å²) in [5.41, 5.74) is 3.19. The third-order valence-corrected chi connectivity index (χ3v) is 6.11. The molecule has 1 aliphatic rings. The number of rotatable bonds is 5. The Bertz CT molecular complexity index is 1040. The minimum atomic E-state index is -4.37. The molecule has 0 fully saturated rings. The minimum Gasteiger partial charge on any atom is -0.375 e. The third kappa shape index (κ3) is 3.74. The van der Waals surface area contributed by atoms with E-state index < -0.39 is 17.3 Å². The van der Waals surface area contributed by atoms with Crippen LogP contribution in [-0.2, 0) is 18.1 Å². The van der Waals surface area contributed by atoms with Crippen LogP contribution in [0.3, 0.4) is 0 Å². The lowest BCUT2D eigenvalue weighted by Gasteiger charge is -2.35. The number of fused-ring (bicyclic) bond motifs is 1. The first-order chi connectivity index (χ1) is 14.3. The Labute approximate surface area is 175 Å². The number of hydrogen-bond donors (Lipinski definition) is 1. The Morgan fingerprint density at radius 1 is 0.933 bits per heavy atom. The molecule has 1 N–H and O–H groups in total. The van der Waals surface area contributed by atoms with Crippen molar-refractivity contribution in [3.8, 4) is 0 Å². The summed E-state index contributed by atoms with van der Waals surface area (Å²) < 4.78 is 40.0. The predicted octanol–water partition coefficient (Wildman–Crippen LogP) is 7.31. The van der Waals surface area contributed by atoms with Gasteiger partial charge in [0.1, 0.15) is 0 Å². The molecular formula is C26H24F3N. The second-order valence-electron chi connectivity index (χ2n) is 8.05. The Morgan fingerprint density at radius 2 is 1.57 bits per heavy atom. The van der Waals surface area contributed by atoms with E-state index in [2.05, 4.69) is 31.0 Å². The molecule has 3 aromatic rings. The van der Waals surface area contributed by atoms with E-state index in [-0.39, 0.29) is 5.92 Å². The number of halogens is 3. The molecule has 0 aromatic heterocycles. The fourth-order valence-electron chi connectivity index (χ4n) is 4.56. The molecule has 0 amide bonds. The first kappa shape index (κ1) is 20.3. The molecule has 0 aliphatic heterocycles. The maximum atomic E-state index is 13.3. The van der Waals surface area contributed by atoms with Gasteiger partial charge in [-0.1, -0.05) is 61.2 Å². The van der Waals surface area contributed by atoms with Gasteiger partial charge in [-0.25, -0.2) is 0 Å². The summed E-state index contributed by atoms with van der Waals surface area (Å²) in [7, 11) is 0. The van der Waals surface area contributed by atoms with Crippen LogP contribution >= 0.6 is 0 Å². The van der Waals surface area contributed by atoms with Crippen LogP contribution in [0.15, 0.2) is 85.4 Å². The average molecular weight is 407 g/mol. The van der Waals surface area contributed by atoms with Crippen molar-refractivity contribution in [1.82, 2.24) is 0 Å². The quantitative estimate of drug-likeness (QED) is 0.468. The highest BCUT2D eigenvalue weighted by Crippen LogP contribution is 2.52. The van der Waals surface area contributed by atoms with Crippen molar-refractivity contribution in [1.29, 1.82) is 0 Å². The summed E-state index contributed by atoms with van der Waals surface area (Å²) in [4.78, 5) is 0. The van der Waals surface area contributed by atoms with Gasteiger partial charge in [0, 0.05) is 11.6 Å². The van der Waals surface area contributed by atoms with Crippen molar-refractivity contribution in [2.75, 3.05) is 5.32 Å². The van der Waals surface area contributed by atoms with Gasteiger partial charge in [-0.15, -0.1) is 0 Å². The van der Waals surface area contributed by atoms with Crippen molar-refractivity contribution < 1.29 is 13.2 Å². The molecule has 1 nitrogen and oxygen atoms in total. The molecule has 0 spiro atoms. The number of alkyl halides is 3. The summed E-state index contributed by atoms with van der Waals surface area (Å²) in [6.45, 7) is 6.31. The van der Waals surface area contributed by atoms with Crippen LogP contribution in [-0.4, -0.2) is 0 Å². The molecule has 0 heterocycles. The lowest BCUT2D eigenvalue weighted by molar-refractivity contribution is -0.137. The van der Waals surface area contributed by atoms with Crippen molar-refractivity contribution in [3.05, 3.63) is 108 Å². The van der Waals surface area contributed by atoms with E-state index in [0.29, 0.717) is 5.56 Å². The van der Waals surface area contributed by atoms with E-state index in [1.54, 1.807) is 6.07 Å². The van der Waals surface area contributed by atoms with Crippen LogP contribution in [0.2, 0.25) is 0 Å². The minimum absolute atomic E-state index is 0.0311. The van der Waals surface area contributed by atoms with Gasteiger partial charge in [0.2, 0.25) is 0 Å². The first-order valence-corrected chi connectivity index (χ1v) is 10.1. The van der Waals surface area contributed by atoms with E-state index in [1.807, 2.05) is 48.5 Å². The Hall–Kier alpha value is -3.01. The molecule has 4 rings (SSSR count). The standard InChI is InChI=1S/C26H24F3N/c1-18-22-17-20(26(27,28)29)14-16-24(22)25(2,30-21-11-7-4-8-12-21)23(18)15-13-19-9-5-3-6-10-19/h3-12,14,16-17,23,30H,1,13,15H2,2H3/t23-,25-/m0/s1. The number of benzene rings is 3. The van der Waals surface area contributed by atoms with Crippen molar-refractivity contribution in [2.45, 2.75) is 31.5 Å². The Balaban J connectivity index is 1.73. The Morgan fingerprint density at radius 3 is 2.20 bits per heavy atom. The summed E-state index contributed by atoms with van der Waals surface area (Å²) >= 11 is 0. The highest BCUT2D eigenvalue weighted by Gasteiger charge is 2.46. The number of nitrogens with one attached hydrogen (secondary N) is 1. The lowest BCUT2D eigenvalue weighted by atomic mass is 9.80. The molecule has 0 saturated heterocycles. The zero-order valence-electron chi connectivity index (χ0n) is 16.8. The largest absolute Gasteiger partial charge is 0.416 e. The van der Waals surface area contributed by atoms with Gasteiger partial charge in [0.15, 0.2) is 0 Å². The molecule has 4 heteroatoms. The SMILES string of the molecule is C=C1c2cc(C(F)(F)F)ccc2[C@@](C)(Nc2ccccc2)[C@H]1CCc1ccccc1. The van der Waals surface area contributed by atoms with E-state index in [0.717, 1.165) is 29.7 Å². The predicted molar refractivity (Wildman–Crippen MR) is 116 cm³/mol. The van der Waals surface area contributed by atoms with Gasteiger partial charge in [0.25, 0.3) is 0 Å². The summed E-state index contributed by atoms with van der Waals surface area (Å²) in [6.07, 6.45) is -2.76. The maximum absolute atomic E-state index is 13.3. The molecule has 0 unspecified atom stereocenters. The average Bonchev–Trinajstić information content (AvgIpc) is 2.94. The summed E-state index contributed by atoms with van der Waals surface area (Å²) in [5.74, 6) is -0.0311. The highest BCUT2D eigenvalue weighted by atomic mass is 19.4. The van der Waals surface area contributed by atoms with Gasteiger partial charge >= 0.3 is 6.18 Å². The van der Waals surface area contributed by atoms with E-state index in [9.17, 15) is 13.2 Å². The molecule has 30 heavy (non-hydrogen) atoms. The molecule has 0 saturated carbocycles. The molecular weight excluding hydrogens is 383 g/mol. The number of aryl methyl sites for hydroxylation is 1. The van der Waals surface area contributed by atoms with Crippen LogP contribution in [0.4, 0.5) is 18.9 Å². The van der Waals surface area contributed by atoms with Crippen LogP contribution in [0.1, 0.15) is 35.6 Å². The lowest BCUT2D eigenvalue weighted by Crippen LogP contribution is -2.36. The second-order valence-corrected chi connectivity index (χ2v) is 8.05. The van der Waals surface area contributed by atoms with Crippen molar-refractivity contribution in [3.63, 3.8) is 0 Å². The number of anilines is 1. The van der Waals surface area contributed by atoms with Crippen LogP contribution in [0.25, 0.3) is 5.57 Å². The number of para-hydroxylation sites is 1. The van der Waals surface area contributed by atoms with Crippen LogP contribution in [0.5, 0.6) is 0 Å². The van der Waals surface area contributed by atoms with Gasteiger partial charge in [-0.2, -0.15) is 13.2 Å². The second kappa shape index (κ2) is 7.67. The van der Waals surface area contributed by atoms with Gasteiger partial charge in [-0.05, 0) is 66.3 Å². The molecule has 2 atom stereocenters. The van der Waals surface area contributed by atoms with E-state index >= 15 is 0 Å². The molecule has 0 radical (unpaired) electrons. The molecule has 154 valence electrons. The molecule has 0 bridgehead atoms. The van der Waals surface area contributed by atoms with Gasteiger partial charge in [-0.3, -0.25) is 0 Å². The van der Waals surface area contributed by atoms with Crippen molar-refractivity contribution >= 4 is 11.3 Å². The Kier molecular flexibility index (Phi) is 5.19. The summed E-state index contributed by atoms with van der Waals surface area (Å²) in [5, 5.41) is 3.61. The molecule has 1 aliphatic carbocycles. The van der Waals surface area contributed by atoms with Crippen molar-refractivity contribution in [2.24, 2.45) is 5.92 Å². The first-order valence-electron chi connectivity index (χ1n) is 10.1. The van der Waals surface area contributed by atoms with Gasteiger partial charge in [0.05, 0.1) is 11.1 Å². The van der Waals surface area contributed by atoms with E-state index in [4.69, 9.17) is 0 Å². The summed E-state index contributed by atoms with van der Waals surface area (Å²) in [6, 6.07) is 24.0. The fourth-order valence-corrected chi connectivity index (χ4v) is 4.56. The third-order valence-electron chi connectivity index (χ3n) is 6.11. The topological polar surface area (TPSA) is 12.0 Å². The van der Waals surface area contributed by atoms with Crippen LogP contribution in [0, 0.1) is 5.92 Å². The fraction of sp³-hybridized carbons (Fsp3) is 0.231. The van der Waals surface area contributed by atoms with Gasteiger partial charge < -0.3 is 5.32 Å². The van der Waals surface area contributed by atoms with Crippen LogP contribution < -0.4 is 5.32 Å². The smallest absolute Gasteiger partial charge is 0.375 e. The monoisotopic (exact) mass is 407 g/mol. The molecule has 3 aromatic carbocycles. The zero-order chi connectivity index (χ0) is 21.4.